The molecule has 0 aromatic carbocycles. The number of carbonyl (C=O) groups excluding carboxylic acids is 1. The first-order chi connectivity index (χ1) is 33.3. The topological polar surface area (TPSA) is 307 Å². The maximum Gasteiger partial charge on any atom is 0.220 e. The molecule has 3 rings (SSSR count). The zero-order valence-electron chi connectivity index (χ0n) is 41.3. The lowest BCUT2D eigenvalue weighted by atomic mass is 9.96. The van der Waals surface area contributed by atoms with Gasteiger partial charge in [-0.3, -0.25) is 4.79 Å². The number of amides is 1. The molecule has 0 bridgehead atoms. The van der Waals surface area contributed by atoms with E-state index in [1.165, 1.54) is 70.6 Å². The SMILES string of the molecule is CCCCCCC/C=C\C/C=C\CCCCCCCCCCCC(=O)NC(COC1OC(CO)C(OC2OC(CO)C(OC3OC(CO)C(O)C(O)C3O)C(O)C2O)C(O)C1O)C(O)CCCCC. The number of aliphatic hydroxyl groups is 11. The number of rotatable bonds is 36. The minimum Gasteiger partial charge on any atom is -0.394 e. The molecule has 3 heterocycles. The largest absolute Gasteiger partial charge is 0.394 e. The summed E-state index contributed by atoms with van der Waals surface area (Å²) in [4.78, 5) is 13.1. The van der Waals surface area contributed by atoms with Crippen LogP contribution in [0.15, 0.2) is 24.3 Å². The van der Waals surface area contributed by atoms with E-state index < -0.39 is 124 Å². The van der Waals surface area contributed by atoms with Crippen LogP contribution in [0.25, 0.3) is 0 Å². The van der Waals surface area contributed by atoms with Gasteiger partial charge < -0.3 is 89.9 Å². The fourth-order valence-corrected chi connectivity index (χ4v) is 8.87. The Balaban J connectivity index is 1.41. The molecular weight excluding hydrogens is 903 g/mol. The third-order valence-electron chi connectivity index (χ3n) is 13.3. The Morgan fingerprint density at radius 2 is 0.957 bits per heavy atom. The van der Waals surface area contributed by atoms with Crippen molar-refractivity contribution in [3.05, 3.63) is 24.3 Å². The van der Waals surface area contributed by atoms with E-state index in [-0.39, 0.29) is 18.9 Å². The third kappa shape index (κ3) is 21.3. The van der Waals surface area contributed by atoms with Gasteiger partial charge in [-0.1, -0.05) is 128 Å². The molecule has 19 nitrogen and oxygen atoms in total. The van der Waals surface area contributed by atoms with Gasteiger partial charge in [0.1, 0.15) is 73.2 Å². The highest BCUT2D eigenvalue weighted by atomic mass is 16.8. The summed E-state index contributed by atoms with van der Waals surface area (Å²) in [5, 5.41) is 119. The first-order valence-corrected chi connectivity index (χ1v) is 26.1. The lowest BCUT2D eigenvalue weighted by Crippen LogP contribution is -2.66. The van der Waals surface area contributed by atoms with Gasteiger partial charge in [-0.25, -0.2) is 0 Å². The smallest absolute Gasteiger partial charge is 0.220 e. The molecule has 0 saturated carbocycles. The van der Waals surface area contributed by atoms with Gasteiger partial charge in [-0.05, 0) is 44.9 Å². The standard InChI is InChI=1S/C50H91NO18/c1-3-5-7-8-9-10-11-12-13-14-15-16-17-18-19-20-21-22-23-24-26-28-38(56)51-33(34(55)27-25-6-4-2)32-64-48-44(62)41(59)46(36(30-53)66-48)69-50-45(63)42(60)47(37(31-54)67-50)68-49-43(61)40(58)39(57)35(29-52)65-49/h11-12,14-15,33-37,39-50,52-55,57-63H,3-10,13,16-32H2,1-2H3,(H,51,56)/b12-11-,15-14-. The number of aliphatic hydroxyl groups excluding tert-OH is 11. The monoisotopic (exact) mass is 994 g/mol. The molecule has 0 spiro atoms. The molecule has 1 amide bonds. The summed E-state index contributed by atoms with van der Waals surface area (Å²) in [6.45, 7) is 1.56. The number of hydrogen-bond acceptors (Lipinski definition) is 18. The van der Waals surface area contributed by atoms with Crippen molar-refractivity contribution in [3.63, 3.8) is 0 Å². The van der Waals surface area contributed by atoms with Crippen molar-refractivity contribution in [1.82, 2.24) is 5.32 Å². The Kier molecular flexibility index (Phi) is 31.6. The minimum absolute atomic E-state index is 0.259. The third-order valence-corrected chi connectivity index (χ3v) is 13.3. The molecule has 3 aliphatic rings. The predicted molar refractivity (Wildman–Crippen MR) is 254 cm³/mol. The Hall–Kier alpha value is -1.73. The molecule has 3 saturated heterocycles. The number of carbonyl (C=O) groups is 1. The molecule has 17 unspecified atom stereocenters. The molecule has 0 aliphatic carbocycles. The highest BCUT2D eigenvalue weighted by Crippen LogP contribution is 2.33. The predicted octanol–water partition coefficient (Wildman–Crippen LogP) is 2.03. The van der Waals surface area contributed by atoms with E-state index in [0.717, 1.165) is 44.9 Å². The van der Waals surface area contributed by atoms with E-state index in [4.69, 9.17) is 28.4 Å². The highest BCUT2D eigenvalue weighted by Gasteiger charge is 2.53. The van der Waals surface area contributed by atoms with Crippen molar-refractivity contribution in [2.45, 2.75) is 259 Å². The van der Waals surface area contributed by atoms with Gasteiger partial charge in [0.05, 0.1) is 38.6 Å². The molecule has 3 aliphatic heterocycles. The summed E-state index contributed by atoms with van der Waals surface area (Å²) in [5.41, 5.74) is 0. The number of ether oxygens (including phenoxy) is 6. The average Bonchev–Trinajstić information content (AvgIpc) is 3.34. The van der Waals surface area contributed by atoms with Crippen molar-refractivity contribution in [2.75, 3.05) is 26.4 Å². The van der Waals surface area contributed by atoms with Gasteiger partial charge in [0.25, 0.3) is 0 Å². The van der Waals surface area contributed by atoms with Crippen LogP contribution in [-0.2, 0) is 33.2 Å². The van der Waals surface area contributed by atoms with Crippen LogP contribution < -0.4 is 5.32 Å². The number of hydrogen-bond donors (Lipinski definition) is 12. The van der Waals surface area contributed by atoms with Crippen LogP contribution in [0.1, 0.15) is 155 Å². The summed E-state index contributed by atoms with van der Waals surface area (Å²) in [6, 6.07) is -0.882. The van der Waals surface area contributed by atoms with E-state index >= 15 is 0 Å². The maximum absolute atomic E-state index is 13.1. The van der Waals surface area contributed by atoms with E-state index in [9.17, 15) is 61.0 Å². The summed E-state index contributed by atoms with van der Waals surface area (Å²) in [6.07, 6.45) is 5.47. The molecule has 69 heavy (non-hydrogen) atoms. The summed E-state index contributed by atoms with van der Waals surface area (Å²) < 4.78 is 33.9. The van der Waals surface area contributed by atoms with Gasteiger partial charge in [0.15, 0.2) is 18.9 Å². The molecule has 404 valence electrons. The van der Waals surface area contributed by atoms with Crippen molar-refractivity contribution < 1.29 is 89.4 Å². The molecule has 0 radical (unpaired) electrons. The van der Waals surface area contributed by atoms with Gasteiger partial charge >= 0.3 is 0 Å². The number of allylic oxidation sites excluding steroid dienone is 4. The van der Waals surface area contributed by atoms with Crippen LogP contribution in [0, 0.1) is 0 Å². The van der Waals surface area contributed by atoms with Crippen molar-refractivity contribution in [2.24, 2.45) is 0 Å². The first kappa shape index (κ1) is 61.6. The second-order valence-corrected chi connectivity index (χ2v) is 19.0. The maximum atomic E-state index is 13.1. The normalized spacial score (nSPS) is 33.0. The van der Waals surface area contributed by atoms with Crippen LogP contribution >= 0.6 is 0 Å². The molecule has 19 heteroatoms. The molecule has 17 atom stereocenters. The second kappa shape index (κ2) is 35.4. The Bertz CT molecular complexity index is 1380. The van der Waals surface area contributed by atoms with Crippen LogP contribution in [0.5, 0.6) is 0 Å². The Labute approximate surface area is 409 Å². The summed E-state index contributed by atoms with van der Waals surface area (Å²) >= 11 is 0. The van der Waals surface area contributed by atoms with Gasteiger partial charge in [-0.15, -0.1) is 0 Å². The van der Waals surface area contributed by atoms with E-state index in [1.807, 2.05) is 6.92 Å². The quantitative estimate of drug-likeness (QED) is 0.0316. The van der Waals surface area contributed by atoms with Gasteiger partial charge in [0.2, 0.25) is 5.91 Å². The minimum atomic E-state index is -1.97. The van der Waals surface area contributed by atoms with Crippen LogP contribution in [0.4, 0.5) is 0 Å². The van der Waals surface area contributed by atoms with E-state index in [0.29, 0.717) is 19.3 Å². The zero-order valence-corrected chi connectivity index (χ0v) is 41.3. The van der Waals surface area contributed by atoms with Crippen LogP contribution in [-0.4, -0.2) is 193 Å². The van der Waals surface area contributed by atoms with Crippen molar-refractivity contribution in [1.29, 1.82) is 0 Å². The fourth-order valence-electron chi connectivity index (χ4n) is 8.87. The fraction of sp³-hybridized carbons (Fsp3) is 0.900. The van der Waals surface area contributed by atoms with E-state index in [2.05, 4.69) is 36.5 Å². The first-order valence-electron chi connectivity index (χ1n) is 26.1. The summed E-state index contributed by atoms with van der Waals surface area (Å²) in [7, 11) is 0. The molecule has 12 N–H and O–H groups in total. The molecular formula is C50H91NO18. The highest BCUT2D eigenvalue weighted by molar-refractivity contribution is 5.76. The van der Waals surface area contributed by atoms with Gasteiger partial charge in [-0.2, -0.15) is 0 Å². The Morgan fingerprint density at radius 3 is 1.48 bits per heavy atom. The van der Waals surface area contributed by atoms with Gasteiger partial charge in [0, 0.05) is 6.42 Å². The lowest BCUT2D eigenvalue weighted by Gasteiger charge is -2.48. The second-order valence-electron chi connectivity index (χ2n) is 19.0. The lowest BCUT2D eigenvalue weighted by molar-refractivity contribution is -0.379. The molecule has 3 fully saturated rings. The zero-order chi connectivity index (χ0) is 50.6. The van der Waals surface area contributed by atoms with E-state index in [1.54, 1.807) is 0 Å². The molecule has 0 aromatic heterocycles. The Morgan fingerprint density at radius 1 is 0.522 bits per heavy atom. The average molecular weight is 994 g/mol. The van der Waals surface area contributed by atoms with Crippen molar-refractivity contribution >= 4 is 5.91 Å². The molecule has 0 aromatic rings. The number of nitrogens with one attached hydrogen (secondary N) is 1. The summed E-state index contributed by atoms with van der Waals surface area (Å²) in [5.74, 6) is -0.261. The van der Waals surface area contributed by atoms with Crippen molar-refractivity contribution in [3.8, 4) is 0 Å². The van der Waals surface area contributed by atoms with Crippen LogP contribution in [0.3, 0.4) is 0 Å². The van der Waals surface area contributed by atoms with Crippen LogP contribution in [0.2, 0.25) is 0 Å². The number of unbranched alkanes of at least 4 members (excludes halogenated alkanes) is 16.